The van der Waals surface area contributed by atoms with E-state index in [1.807, 2.05) is 0 Å². The topological polar surface area (TPSA) is 101 Å². The Balaban J connectivity index is 2.96. The van der Waals surface area contributed by atoms with Gasteiger partial charge in [-0.05, 0) is 12.1 Å². The van der Waals surface area contributed by atoms with E-state index in [1.165, 1.54) is 4.52 Å². The van der Waals surface area contributed by atoms with Gasteiger partial charge in [0.25, 0.3) is 11.5 Å². The summed E-state index contributed by atoms with van der Waals surface area (Å²) in [5, 5.41) is 11.9. The molecule has 0 saturated heterocycles. The van der Waals surface area contributed by atoms with E-state index in [4.69, 9.17) is 5.73 Å². The minimum absolute atomic E-state index is 0.332. The zero-order valence-corrected chi connectivity index (χ0v) is 7.02. The standard InChI is InChI=1S/C8H7N3O3/c9-7(13)5-6(12)4-2-1-3-11(4)10-8(5)14/h1-3,12H,(H2,9,13)(H,10,14). The molecule has 2 aromatic heterocycles. The SMILES string of the molecule is NC(=O)c1c(O)c2cccn2[nH]c1=O. The lowest BCUT2D eigenvalue weighted by molar-refractivity contribution is 0.0996. The number of hydrogen-bond acceptors (Lipinski definition) is 3. The van der Waals surface area contributed by atoms with Crippen LogP contribution in [0.15, 0.2) is 23.1 Å². The molecule has 2 aromatic rings. The third kappa shape index (κ3) is 0.972. The number of carbonyl (C=O) groups is 1. The van der Waals surface area contributed by atoms with Crippen LogP contribution in [0.5, 0.6) is 5.75 Å². The molecule has 4 N–H and O–H groups in total. The molecule has 2 rings (SSSR count). The summed E-state index contributed by atoms with van der Waals surface area (Å²) in [6.45, 7) is 0. The van der Waals surface area contributed by atoms with E-state index in [0.717, 1.165) is 0 Å². The number of fused-ring (bicyclic) bond motifs is 1. The van der Waals surface area contributed by atoms with Gasteiger partial charge in [-0.15, -0.1) is 0 Å². The van der Waals surface area contributed by atoms with Gasteiger partial charge in [0, 0.05) is 6.20 Å². The van der Waals surface area contributed by atoms with Crippen LogP contribution in [0.1, 0.15) is 10.4 Å². The molecule has 0 aliphatic heterocycles. The molecule has 6 heteroatoms. The molecule has 0 aliphatic carbocycles. The average molecular weight is 193 g/mol. The van der Waals surface area contributed by atoms with Crippen LogP contribution < -0.4 is 11.3 Å². The van der Waals surface area contributed by atoms with Crippen molar-refractivity contribution >= 4 is 11.4 Å². The number of carbonyl (C=O) groups excluding carboxylic acids is 1. The van der Waals surface area contributed by atoms with Gasteiger partial charge in [-0.25, -0.2) is 0 Å². The largest absolute Gasteiger partial charge is 0.505 e. The molecular formula is C8H7N3O3. The molecule has 0 fully saturated rings. The lowest BCUT2D eigenvalue weighted by Gasteiger charge is -2.01. The molecule has 1 amide bonds. The maximum atomic E-state index is 11.3. The molecule has 0 saturated carbocycles. The fourth-order valence-electron chi connectivity index (χ4n) is 1.30. The van der Waals surface area contributed by atoms with E-state index in [1.54, 1.807) is 18.3 Å². The van der Waals surface area contributed by atoms with Crippen molar-refractivity contribution in [1.82, 2.24) is 9.61 Å². The Morgan fingerprint density at radius 1 is 1.57 bits per heavy atom. The molecule has 6 nitrogen and oxygen atoms in total. The molecular weight excluding hydrogens is 186 g/mol. The predicted octanol–water partition coefficient (Wildman–Crippen LogP) is -0.568. The zero-order valence-electron chi connectivity index (χ0n) is 7.02. The summed E-state index contributed by atoms with van der Waals surface area (Å²) in [6, 6.07) is 3.17. The lowest BCUT2D eigenvalue weighted by atomic mass is 10.2. The maximum Gasteiger partial charge on any atom is 0.279 e. The van der Waals surface area contributed by atoms with Gasteiger partial charge in [0.1, 0.15) is 11.1 Å². The predicted molar refractivity (Wildman–Crippen MR) is 48.2 cm³/mol. The Labute approximate surface area is 77.6 Å². The van der Waals surface area contributed by atoms with Crippen molar-refractivity contribution in [2.45, 2.75) is 0 Å². The van der Waals surface area contributed by atoms with Crippen LogP contribution in [-0.4, -0.2) is 20.6 Å². The second kappa shape index (κ2) is 2.63. The summed E-state index contributed by atoms with van der Waals surface area (Å²) in [5.41, 5.74) is 4.15. The monoisotopic (exact) mass is 193 g/mol. The normalized spacial score (nSPS) is 10.6. The first kappa shape index (κ1) is 8.36. The highest BCUT2D eigenvalue weighted by Gasteiger charge is 2.15. The van der Waals surface area contributed by atoms with Crippen LogP contribution in [0.3, 0.4) is 0 Å². The second-order valence-electron chi connectivity index (χ2n) is 2.79. The molecule has 0 spiro atoms. The first-order chi connectivity index (χ1) is 6.61. The van der Waals surface area contributed by atoms with Gasteiger partial charge in [-0.2, -0.15) is 0 Å². The van der Waals surface area contributed by atoms with Crippen molar-refractivity contribution < 1.29 is 9.90 Å². The molecule has 0 aromatic carbocycles. The number of aromatic nitrogens is 2. The summed E-state index contributed by atoms with van der Waals surface area (Å²) < 4.78 is 1.31. The fourth-order valence-corrected chi connectivity index (χ4v) is 1.30. The number of nitrogens with zero attached hydrogens (tertiary/aromatic N) is 1. The number of nitrogens with one attached hydrogen (secondary N) is 1. The molecule has 0 aliphatic rings. The first-order valence-electron chi connectivity index (χ1n) is 3.83. The van der Waals surface area contributed by atoms with Crippen LogP contribution in [-0.2, 0) is 0 Å². The van der Waals surface area contributed by atoms with E-state index >= 15 is 0 Å². The van der Waals surface area contributed by atoms with Crippen molar-refractivity contribution in [3.8, 4) is 5.75 Å². The quantitative estimate of drug-likeness (QED) is 0.565. The number of nitrogens with two attached hydrogens (primary N) is 1. The molecule has 72 valence electrons. The van der Waals surface area contributed by atoms with Gasteiger partial charge < -0.3 is 10.8 Å². The van der Waals surface area contributed by atoms with Gasteiger partial charge in [-0.3, -0.25) is 19.2 Å². The number of aromatic hydroxyl groups is 1. The van der Waals surface area contributed by atoms with Gasteiger partial charge in [0.2, 0.25) is 0 Å². The fraction of sp³-hybridized carbons (Fsp3) is 0. The molecule has 2 heterocycles. The Morgan fingerprint density at radius 2 is 2.29 bits per heavy atom. The van der Waals surface area contributed by atoms with Crippen molar-refractivity contribution in [2.24, 2.45) is 5.73 Å². The van der Waals surface area contributed by atoms with Gasteiger partial charge >= 0.3 is 0 Å². The summed E-state index contributed by atoms with van der Waals surface area (Å²) in [6.07, 6.45) is 1.54. The molecule has 0 radical (unpaired) electrons. The summed E-state index contributed by atoms with van der Waals surface area (Å²) >= 11 is 0. The van der Waals surface area contributed by atoms with Gasteiger partial charge in [-0.1, -0.05) is 0 Å². The summed E-state index contributed by atoms with van der Waals surface area (Å²) in [4.78, 5) is 22.1. The Bertz CT molecular complexity index is 567. The van der Waals surface area contributed by atoms with Crippen molar-refractivity contribution in [2.75, 3.05) is 0 Å². The zero-order chi connectivity index (χ0) is 10.3. The minimum atomic E-state index is -0.951. The first-order valence-corrected chi connectivity index (χ1v) is 3.83. The van der Waals surface area contributed by atoms with Crippen LogP contribution >= 0.6 is 0 Å². The van der Waals surface area contributed by atoms with Crippen molar-refractivity contribution in [3.05, 3.63) is 34.2 Å². The van der Waals surface area contributed by atoms with E-state index in [2.05, 4.69) is 5.10 Å². The van der Waals surface area contributed by atoms with E-state index in [9.17, 15) is 14.7 Å². The smallest absolute Gasteiger partial charge is 0.279 e. The van der Waals surface area contributed by atoms with Crippen molar-refractivity contribution in [3.63, 3.8) is 0 Å². The second-order valence-corrected chi connectivity index (χ2v) is 2.79. The summed E-state index contributed by atoms with van der Waals surface area (Å²) in [7, 11) is 0. The molecule has 14 heavy (non-hydrogen) atoms. The van der Waals surface area contributed by atoms with Crippen LogP contribution in [0, 0.1) is 0 Å². The highest BCUT2D eigenvalue weighted by atomic mass is 16.3. The number of H-pyrrole nitrogens is 1. The van der Waals surface area contributed by atoms with E-state index in [-0.39, 0.29) is 0 Å². The van der Waals surface area contributed by atoms with Crippen LogP contribution in [0.2, 0.25) is 0 Å². The Kier molecular flexibility index (Phi) is 1.57. The number of rotatable bonds is 1. The van der Waals surface area contributed by atoms with Gasteiger partial charge in [0.05, 0.1) is 0 Å². The maximum absolute atomic E-state index is 11.3. The summed E-state index contributed by atoms with van der Waals surface area (Å²) in [5.74, 6) is -1.35. The number of aromatic amines is 1. The number of primary amides is 1. The Hall–Kier alpha value is -2.24. The minimum Gasteiger partial charge on any atom is -0.505 e. The van der Waals surface area contributed by atoms with Gasteiger partial charge in [0.15, 0.2) is 5.75 Å². The van der Waals surface area contributed by atoms with E-state index in [0.29, 0.717) is 5.52 Å². The average Bonchev–Trinajstić information content (AvgIpc) is 2.50. The molecule has 0 atom stereocenters. The highest BCUT2D eigenvalue weighted by molar-refractivity contribution is 5.97. The Morgan fingerprint density at radius 3 is 2.93 bits per heavy atom. The van der Waals surface area contributed by atoms with Crippen LogP contribution in [0.25, 0.3) is 5.52 Å². The van der Waals surface area contributed by atoms with Crippen LogP contribution in [0.4, 0.5) is 0 Å². The number of amides is 1. The molecule has 0 unspecified atom stereocenters. The molecule has 0 bridgehead atoms. The third-order valence-corrected chi connectivity index (χ3v) is 1.92. The third-order valence-electron chi connectivity index (χ3n) is 1.92. The van der Waals surface area contributed by atoms with E-state index < -0.39 is 22.8 Å². The van der Waals surface area contributed by atoms with Crippen molar-refractivity contribution in [1.29, 1.82) is 0 Å². The highest BCUT2D eigenvalue weighted by Crippen LogP contribution is 2.19. The lowest BCUT2D eigenvalue weighted by Crippen LogP contribution is -2.25. The number of hydrogen-bond donors (Lipinski definition) is 3.